The highest BCUT2D eigenvalue weighted by atomic mass is 32.2. The van der Waals surface area contributed by atoms with Crippen molar-refractivity contribution in [1.29, 1.82) is 0 Å². The van der Waals surface area contributed by atoms with Crippen LogP contribution in [0.3, 0.4) is 0 Å². The molecule has 0 bridgehead atoms. The standard InChI is InChI=1S/C18H22N2O5S/c1-4-19-18(21)15-11-14(9-10-17(15)25-3)26(22,23)20-12-13-7-5-6-8-16(13)24-2/h5-11,20H,4,12H2,1-3H3,(H,19,21). The predicted molar refractivity (Wildman–Crippen MR) is 98.0 cm³/mol. The number of hydrogen-bond donors (Lipinski definition) is 2. The van der Waals surface area contributed by atoms with Gasteiger partial charge in [-0.05, 0) is 31.2 Å². The molecular formula is C18H22N2O5S. The third-order valence-electron chi connectivity index (χ3n) is 3.71. The highest BCUT2D eigenvalue weighted by Crippen LogP contribution is 2.23. The fraction of sp³-hybridized carbons (Fsp3) is 0.278. The van der Waals surface area contributed by atoms with Crippen LogP contribution in [0.5, 0.6) is 11.5 Å². The molecule has 0 unspecified atom stereocenters. The van der Waals surface area contributed by atoms with E-state index in [0.29, 0.717) is 23.6 Å². The van der Waals surface area contributed by atoms with Crippen molar-refractivity contribution in [3.05, 3.63) is 53.6 Å². The molecule has 0 aliphatic rings. The summed E-state index contributed by atoms with van der Waals surface area (Å²) in [6.07, 6.45) is 0. The van der Waals surface area contributed by atoms with Crippen LogP contribution in [-0.2, 0) is 16.6 Å². The van der Waals surface area contributed by atoms with E-state index in [0.717, 1.165) is 0 Å². The number of sulfonamides is 1. The number of para-hydroxylation sites is 1. The average molecular weight is 378 g/mol. The van der Waals surface area contributed by atoms with Crippen LogP contribution in [0.25, 0.3) is 0 Å². The van der Waals surface area contributed by atoms with E-state index in [2.05, 4.69) is 10.0 Å². The van der Waals surface area contributed by atoms with Crippen LogP contribution in [0.15, 0.2) is 47.4 Å². The number of hydrogen-bond acceptors (Lipinski definition) is 5. The monoisotopic (exact) mass is 378 g/mol. The number of ether oxygens (including phenoxy) is 2. The number of amides is 1. The zero-order valence-electron chi connectivity index (χ0n) is 14.9. The van der Waals surface area contributed by atoms with Gasteiger partial charge in [-0.1, -0.05) is 18.2 Å². The molecule has 7 nitrogen and oxygen atoms in total. The van der Waals surface area contributed by atoms with Gasteiger partial charge in [0.2, 0.25) is 10.0 Å². The second-order valence-electron chi connectivity index (χ2n) is 5.36. The third-order valence-corrected chi connectivity index (χ3v) is 5.11. The summed E-state index contributed by atoms with van der Waals surface area (Å²) in [6.45, 7) is 2.26. The highest BCUT2D eigenvalue weighted by Gasteiger charge is 2.20. The van der Waals surface area contributed by atoms with E-state index in [1.54, 1.807) is 31.2 Å². The molecule has 0 saturated carbocycles. The molecule has 0 radical (unpaired) electrons. The molecule has 8 heteroatoms. The maximum absolute atomic E-state index is 12.6. The first-order valence-corrected chi connectivity index (χ1v) is 9.49. The van der Waals surface area contributed by atoms with E-state index in [9.17, 15) is 13.2 Å². The van der Waals surface area contributed by atoms with Gasteiger partial charge in [-0.25, -0.2) is 13.1 Å². The van der Waals surface area contributed by atoms with Crippen LogP contribution < -0.4 is 19.5 Å². The Bertz CT molecular complexity index is 881. The molecule has 0 aliphatic heterocycles. The van der Waals surface area contributed by atoms with Crippen molar-refractivity contribution in [2.45, 2.75) is 18.4 Å². The van der Waals surface area contributed by atoms with Crippen molar-refractivity contribution < 1.29 is 22.7 Å². The molecule has 0 heterocycles. The van der Waals surface area contributed by atoms with E-state index < -0.39 is 15.9 Å². The summed E-state index contributed by atoms with van der Waals surface area (Å²) < 4.78 is 38.1. The van der Waals surface area contributed by atoms with Gasteiger partial charge in [-0.2, -0.15) is 0 Å². The van der Waals surface area contributed by atoms with Gasteiger partial charge in [0.05, 0.1) is 24.7 Å². The summed E-state index contributed by atoms with van der Waals surface area (Å²) in [5.74, 6) is 0.499. The summed E-state index contributed by atoms with van der Waals surface area (Å²) in [5.41, 5.74) is 0.866. The zero-order valence-corrected chi connectivity index (χ0v) is 15.7. The van der Waals surface area contributed by atoms with Crippen molar-refractivity contribution in [2.24, 2.45) is 0 Å². The lowest BCUT2D eigenvalue weighted by Gasteiger charge is -2.13. The second-order valence-corrected chi connectivity index (χ2v) is 7.12. The molecule has 1 amide bonds. The van der Waals surface area contributed by atoms with Crippen LogP contribution in [0.4, 0.5) is 0 Å². The SMILES string of the molecule is CCNC(=O)c1cc(S(=O)(=O)NCc2ccccc2OC)ccc1OC. The topological polar surface area (TPSA) is 93.7 Å². The molecule has 2 rings (SSSR count). The fourth-order valence-corrected chi connectivity index (χ4v) is 3.42. The normalized spacial score (nSPS) is 11.0. The van der Waals surface area contributed by atoms with Crippen molar-refractivity contribution in [3.63, 3.8) is 0 Å². The fourth-order valence-electron chi connectivity index (χ4n) is 2.39. The second kappa shape index (κ2) is 8.68. The highest BCUT2D eigenvalue weighted by molar-refractivity contribution is 7.89. The minimum atomic E-state index is -3.82. The Balaban J connectivity index is 2.28. The van der Waals surface area contributed by atoms with Crippen LogP contribution >= 0.6 is 0 Å². The Kier molecular flexibility index (Phi) is 6.59. The Labute approximate surface area is 153 Å². The summed E-state index contributed by atoms with van der Waals surface area (Å²) in [7, 11) is -0.874. The van der Waals surface area contributed by atoms with Crippen LogP contribution in [-0.4, -0.2) is 35.1 Å². The molecule has 0 aromatic heterocycles. The van der Waals surface area contributed by atoms with Gasteiger partial charge in [0.1, 0.15) is 11.5 Å². The summed E-state index contributed by atoms with van der Waals surface area (Å²) in [4.78, 5) is 12.1. The van der Waals surface area contributed by atoms with Crippen LogP contribution in [0.2, 0.25) is 0 Å². The molecule has 0 saturated heterocycles. The third kappa shape index (κ3) is 4.53. The Morgan fingerprint density at radius 2 is 1.73 bits per heavy atom. The summed E-state index contributed by atoms with van der Waals surface area (Å²) in [6, 6.07) is 11.3. The number of carbonyl (C=O) groups is 1. The molecule has 26 heavy (non-hydrogen) atoms. The van der Waals surface area contributed by atoms with Gasteiger partial charge < -0.3 is 14.8 Å². The largest absolute Gasteiger partial charge is 0.496 e. The van der Waals surface area contributed by atoms with Gasteiger partial charge in [0.15, 0.2) is 0 Å². The Hall–Kier alpha value is -2.58. The smallest absolute Gasteiger partial charge is 0.255 e. The van der Waals surface area contributed by atoms with Crippen molar-refractivity contribution in [2.75, 3.05) is 20.8 Å². The van der Waals surface area contributed by atoms with Crippen molar-refractivity contribution in [1.82, 2.24) is 10.0 Å². The molecule has 0 atom stereocenters. The number of nitrogens with one attached hydrogen (secondary N) is 2. The Morgan fingerprint density at radius 3 is 2.38 bits per heavy atom. The Morgan fingerprint density at radius 1 is 1.04 bits per heavy atom. The quantitative estimate of drug-likeness (QED) is 0.732. The number of benzene rings is 2. The van der Waals surface area contributed by atoms with Gasteiger partial charge >= 0.3 is 0 Å². The molecular weight excluding hydrogens is 356 g/mol. The van der Waals surface area contributed by atoms with E-state index in [1.807, 2.05) is 0 Å². The van der Waals surface area contributed by atoms with Gasteiger partial charge in [0.25, 0.3) is 5.91 Å². The van der Waals surface area contributed by atoms with E-state index >= 15 is 0 Å². The van der Waals surface area contributed by atoms with Crippen molar-refractivity contribution >= 4 is 15.9 Å². The first-order valence-electron chi connectivity index (χ1n) is 8.00. The summed E-state index contributed by atoms with van der Waals surface area (Å²) in [5, 5.41) is 2.64. The van der Waals surface area contributed by atoms with Crippen molar-refractivity contribution in [3.8, 4) is 11.5 Å². The molecule has 2 aromatic rings. The summed E-state index contributed by atoms with van der Waals surface area (Å²) >= 11 is 0. The van der Waals surface area contributed by atoms with Crippen LogP contribution in [0, 0.1) is 0 Å². The lowest BCUT2D eigenvalue weighted by molar-refractivity contribution is 0.0952. The molecule has 2 N–H and O–H groups in total. The van der Waals surface area contributed by atoms with E-state index in [4.69, 9.17) is 9.47 Å². The first-order chi connectivity index (χ1) is 12.4. The average Bonchev–Trinajstić information content (AvgIpc) is 2.66. The predicted octanol–water partition coefficient (Wildman–Crippen LogP) is 1.93. The lowest BCUT2D eigenvalue weighted by Crippen LogP contribution is -2.26. The van der Waals surface area contributed by atoms with E-state index in [-0.39, 0.29) is 17.0 Å². The molecule has 0 fully saturated rings. The number of methoxy groups -OCH3 is 2. The molecule has 0 spiro atoms. The van der Waals surface area contributed by atoms with Gasteiger partial charge in [-0.3, -0.25) is 4.79 Å². The van der Waals surface area contributed by atoms with Gasteiger partial charge in [-0.15, -0.1) is 0 Å². The zero-order chi connectivity index (χ0) is 19.2. The maximum Gasteiger partial charge on any atom is 0.255 e. The molecule has 0 aliphatic carbocycles. The first kappa shape index (κ1) is 19.7. The minimum Gasteiger partial charge on any atom is -0.496 e. The van der Waals surface area contributed by atoms with Crippen LogP contribution in [0.1, 0.15) is 22.8 Å². The van der Waals surface area contributed by atoms with Gasteiger partial charge in [0, 0.05) is 18.7 Å². The molecule has 140 valence electrons. The van der Waals surface area contributed by atoms with E-state index in [1.165, 1.54) is 32.4 Å². The number of carbonyl (C=O) groups excluding carboxylic acids is 1. The minimum absolute atomic E-state index is 0.0190. The number of rotatable bonds is 8. The maximum atomic E-state index is 12.6. The molecule has 2 aromatic carbocycles. The lowest BCUT2D eigenvalue weighted by atomic mass is 10.2.